The predicted octanol–water partition coefficient (Wildman–Crippen LogP) is 17.8. The normalized spacial score (nSPS) is 12.7. The van der Waals surface area contributed by atoms with E-state index in [1.54, 1.807) is 0 Å². The van der Waals surface area contributed by atoms with Gasteiger partial charge in [0.2, 0.25) is 6.29 Å². The Labute approximate surface area is 451 Å². The molecular weight excluding hydrogens is 911 g/mol. The first-order valence-corrected chi connectivity index (χ1v) is 31.0. The van der Waals surface area contributed by atoms with Gasteiger partial charge in [-0.15, -0.1) is 0 Å². The molecule has 1 unspecified atom stereocenters. The molecule has 1 N–H and O–H groups in total. The lowest BCUT2D eigenvalue weighted by molar-refractivity contribution is -0.876. The first-order valence-electron chi connectivity index (χ1n) is 31.0. The molecule has 0 aliphatic rings. The van der Waals surface area contributed by atoms with E-state index in [-0.39, 0.29) is 63.6 Å². The quantitative estimate of drug-likeness (QED) is 0.0160. The van der Waals surface area contributed by atoms with Gasteiger partial charge in [0, 0.05) is 19.3 Å². The van der Waals surface area contributed by atoms with Gasteiger partial charge in [-0.05, 0) is 96.3 Å². The summed E-state index contributed by atoms with van der Waals surface area (Å²) in [6.07, 6.45) is 59.7. The molecule has 0 aromatic rings. The van der Waals surface area contributed by atoms with Crippen LogP contribution in [0.5, 0.6) is 0 Å². The Morgan fingerprint density at radius 3 is 0.849 bits per heavy atom. The molecule has 428 valence electrons. The molecule has 9 nitrogen and oxygen atoms in total. The SMILES string of the molecule is CCCCCCCC/C=C\CCCCCCCC(=O)OCC(COC(=O)CCCCCCC/C=C\CCCCCCCC)(COC(=O)CCCCCCC/C=C\CCCCCCCC)COC(O)C[N+](C)(C)C. The molecule has 0 radical (unpaired) electrons. The highest BCUT2D eigenvalue weighted by Crippen LogP contribution is 2.24. The van der Waals surface area contributed by atoms with E-state index in [2.05, 4.69) is 57.2 Å². The zero-order valence-corrected chi connectivity index (χ0v) is 49.0. The van der Waals surface area contributed by atoms with E-state index >= 15 is 0 Å². The third-order valence-corrected chi connectivity index (χ3v) is 13.8. The Morgan fingerprint density at radius 2 is 0.603 bits per heavy atom. The number of aliphatic hydroxyl groups excluding tert-OH is 1. The van der Waals surface area contributed by atoms with Gasteiger partial charge in [-0.3, -0.25) is 14.4 Å². The molecule has 0 fully saturated rings. The van der Waals surface area contributed by atoms with Crippen LogP contribution in [-0.2, 0) is 33.3 Å². The number of allylic oxidation sites excluding steroid dienone is 6. The monoisotopic (exact) mass is 1030 g/mol. The summed E-state index contributed by atoms with van der Waals surface area (Å²) >= 11 is 0. The van der Waals surface area contributed by atoms with Gasteiger partial charge >= 0.3 is 17.9 Å². The molecule has 0 amide bonds. The molecule has 0 aromatic carbocycles. The van der Waals surface area contributed by atoms with Crippen LogP contribution >= 0.6 is 0 Å². The Hall–Kier alpha value is -2.49. The molecule has 0 saturated heterocycles. The van der Waals surface area contributed by atoms with Crippen LogP contribution in [0, 0.1) is 5.41 Å². The van der Waals surface area contributed by atoms with Crippen LogP contribution in [0.3, 0.4) is 0 Å². The number of rotatable bonds is 56. The highest BCUT2D eigenvalue weighted by molar-refractivity contribution is 5.70. The van der Waals surface area contributed by atoms with Crippen molar-refractivity contribution >= 4 is 17.9 Å². The maximum absolute atomic E-state index is 13.2. The molecule has 0 saturated carbocycles. The summed E-state index contributed by atoms with van der Waals surface area (Å²) in [6.45, 7) is 6.51. The van der Waals surface area contributed by atoms with Crippen molar-refractivity contribution in [2.24, 2.45) is 5.41 Å². The van der Waals surface area contributed by atoms with E-state index in [0.717, 1.165) is 116 Å². The van der Waals surface area contributed by atoms with E-state index < -0.39 is 11.7 Å². The van der Waals surface area contributed by atoms with Gasteiger partial charge in [0.05, 0.1) is 33.2 Å². The molecular formula is C64H120NO8+. The zero-order chi connectivity index (χ0) is 53.6. The highest BCUT2D eigenvalue weighted by atomic mass is 16.6. The van der Waals surface area contributed by atoms with Crippen LogP contribution in [0.4, 0.5) is 0 Å². The summed E-state index contributed by atoms with van der Waals surface area (Å²) in [6, 6.07) is 0. The number of aliphatic hydroxyl groups is 1. The number of hydrogen-bond donors (Lipinski definition) is 1. The van der Waals surface area contributed by atoms with Crippen LogP contribution < -0.4 is 0 Å². The van der Waals surface area contributed by atoms with E-state index in [1.165, 1.54) is 135 Å². The van der Waals surface area contributed by atoms with Crippen LogP contribution in [0.2, 0.25) is 0 Å². The molecule has 0 heterocycles. The molecule has 1 atom stereocenters. The molecule has 0 rings (SSSR count). The highest BCUT2D eigenvalue weighted by Gasteiger charge is 2.38. The van der Waals surface area contributed by atoms with Crippen LogP contribution in [0.25, 0.3) is 0 Å². The van der Waals surface area contributed by atoms with Crippen LogP contribution in [0.1, 0.15) is 290 Å². The third-order valence-electron chi connectivity index (χ3n) is 13.8. The Kier molecular flexibility index (Phi) is 51.1. The Morgan fingerprint density at radius 1 is 0.370 bits per heavy atom. The number of ether oxygens (including phenoxy) is 4. The van der Waals surface area contributed by atoms with E-state index in [1.807, 2.05) is 21.1 Å². The average Bonchev–Trinajstić information content (AvgIpc) is 3.36. The van der Waals surface area contributed by atoms with E-state index in [4.69, 9.17) is 18.9 Å². The molecule has 0 aromatic heterocycles. The second kappa shape index (κ2) is 52.9. The summed E-state index contributed by atoms with van der Waals surface area (Å²) in [5, 5.41) is 10.9. The van der Waals surface area contributed by atoms with Gasteiger partial charge in [-0.1, -0.05) is 211 Å². The van der Waals surface area contributed by atoms with Crippen molar-refractivity contribution in [2.45, 2.75) is 297 Å². The lowest BCUT2D eigenvalue weighted by Gasteiger charge is -2.34. The van der Waals surface area contributed by atoms with Crippen LogP contribution in [-0.4, -0.2) is 87.9 Å². The summed E-state index contributed by atoms with van der Waals surface area (Å²) in [7, 11) is 5.89. The summed E-state index contributed by atoms with van der Waals surface area (Å²) in [4.78, 5) is 39.6. The minimum Gasteiger partial charge on any atom is -0.465 e. The Balaban J connectivity index is 5.24. The van der Waals surface area contributed by atoms with Gasteiger partial charge in [0.25, 0.3) is 0 Å². The molecule has 0 aliphatic heterocycles. The van der Waals surface area contributed by atoms with Crippen molar-refractivity contribution in [1.29, 1.82) is 0 Å². The predicted molar refractivity (Wildman–Crippen MR) is 309 cm³/mol. The maximum atomic E-state index is 13.2. The molecule has 73 heavy (non-hydrogen) atoms. The fraction of sp³-hybridized carbons (Fsp3) is 0.859. The number of quaternary nitrogens is 1. The molecule has 0 bridgehead atoms. The topological polar surface area (TPSA) is 108 Å². The molecule has 9 heteroatoms. The van der Waals surface area contributed by atoms with Gasteiger partial charge in [0.15, 0.2) is 0 Å². The first kappa shape index (κ1) is 70.5. The minimum atomic E-state index is -1.18. The largest absolute Gasteiger partial charge is 0.465 e. The number of unbranched alkanes of at least 4 members (excludes halogenated alkanes) is 33. The molecule has 0 spiro atoms. The van der Waals surface area contributed by atoms with E-state index in [9.17, 15) is 19.5 Å². The van der Waals surface area contributed by atoms with Crippen molar-refractivity contribution < 1.29 is 42.9 Å². The number of hydrogen-bond acceptors (Lipinski definition) is 8. The van der Waals surface area contributed by atoms with Crippen molar-refractivity contribution in [1.82, 2.24) is 0 Å². The van der Waals surface area contributed by atoms with E-state index in [0.29, 0.717) is 11.0 Å². The van der Waals surface area contributed by atoms with Crippen molar-refractivity contribution in [3.8, 4) is 0 Å². The maximum Gasteiger partial charge on any atom is 0.305 e. The van der Waals surface area contributed by atoms with Crippen molar-refractivity contribution in [3.05, 3.63) is 36.5 Å². The molecule has 0 aliphatic carbocycles. The second-order valence-corrected chi connectivity index (χ2v) is 22.7. The smallest absolute Gasteiger partial charge is 0.305 e. The Bertz CT molecular complexity index is 1190. The van der Waals surface area contributed by atoms with Crippen molar-refractivity contribution in [2.75, 3.05) is 54.1 Å². The third kappa shape index (κ3) is 52.7. The average molecular weight is 1030 g/mol. The van der Waals surface area contributed by atoms with Gasteiger partial charge in [-0.25, -0.2) is 0 Å². The summed E-state index contributed by atoms with van der Waals surface area (Å²) < 4.78 is 24.2. The second-order valence-electron chi connectivity index (χ2n) is 22.7. The number of esters is 3. The lowest BCUT2D eigenvalue weighted by Crippen LogP contribution is -2.47. The first-order chi connectivity index (χ1) is 35.5. The number of likely N-dealkylation sites (N-methyl/N-ethyl adjacent to an activating group) is 1. The lowest BCUT2D eigenvalue weighted by atomic mass is 9.92. The number of nitrogens with zero attached hydrogens (tertiary/aromatic N) is 1. The van der Waals surface area contributed by atoms with Gasteiger partial charge in [0.1, 0.15) is 26.4 Å². The summed E-state index contributed by atoms with van der Waals surface area (Å²) in [5.41, 5.74) is -1.18. The minimum absolute atomic E-state index is 0.115. The van der Waals surface area contributed by atoms with Gasteiger partial charge < -0.3 is 28.5 Å². The fourth-order valence-corrected chi connectivity index (χ4v) is 8.98. The summed E-state index contributed by atoms with van der Waals surface area (Å²) in [5.74, 6) is -1.02. The standard InChI is InChI=1S/C64H120NO8/c1-7-10-13-16-19-22-25-28-31-34-37-40-43-46-49-52-60(66)70-56-64(59-73-63(69)55-65(4,5)6,57-71-61(67)53-50-47-44-41-38-35-32-29-26-23-20-17-14-11-8-2)58-72-62(68)54-51-48-45-42-39-36-33-30-27-24-21-18-15-12-9-3/h28-33,63,69H,7-27,34-59H2,1-6H3/q+1/b31-28-,32-29-,33-30-. The number of carbonyl (C=O) groups is 3. The number of carbonyl (C=O) groups excluding carboxylic acids is 3. The van der Waals surface area contributed by atoms with Gasteiger partial charge in [-0.2, -0.15) is 0 Å². The van der Waals surface area contributed by atoms with Crippen LogP contribution in [0.15, 0.2) is 36.5 Å². The van der Waals surface area contributed by atoms with Crippen molar-refractivity contribution in [3.63, 3.8) is 0 Å². The fourth-order valence-electron chi connectivity index (χ4n) is 8.98. The zero-order valence-electron chi connectivity index (χ0n) is 49.0.